The molecular formula is C23H24N2O4. The molecule has 0 saturated heterocycles. The second-order valence-electron chi connectivity index (χ2n) is 6.25. The van der Waals surface area contributed by atoms with Crippen LogP contribution < -0.4 is 19.5 Å². The number of nitrogens with one attached hydrogen (secondary N) is 1. The number of fused-ring (bicyclic) bond motifs is 1. The molecule has 0 aliphatic heterocycles. The van der Waals surface area contributed by atoms with Gasteiger partial charge in [-0.25, -0.2) is 0 Å². The average Bonchev–Trinajstić information content (AvgIpc) is 2.77. The number of rotatable bonds is 10. The molecule has 1 amide bonds. The summed E-state index contributed by atoms with van der Waals surface area (Å²) >= 11 is 0. The summed E-state index contributed by atoms with van der Waals surface area (Å²) in [5.74, 6) is 1.65. The van der Waals surface area contributed by atoms with Gasteiger partial charge in [0.1, 0.15) is 17.9 Å². The number of carbonyl (C=O) groups is 1. The highest BCUT2D eigenvalue weighted by atomic mass is 16.5. The molecule has 0 aliphatic rings. The monoisotopic (exact) mass is 392 g/mol. The van der Waals surface area contributed by atoms with Crippen LogP contribution in [0.15, 0.2) is 67.4 Å². The van der Waals surface area contributed by atoms with Gasteiger partial charge in [0.15, 0.2) is 11.5 Å². The normalized spacial score (nSPS) is 10.4. The van der Waals surface area contributed by atoms with Crippen LogP contribution in [0.2, 0.25) is 0 Å². The van der Waals surface area contributed by atoms with E-state index in [4.69, 9.17) is 14.2 Å². The molecule has 0 spiro atoms. The van der Waals surface area contributed by atoms with E-state index in [0.29, 0.717) is 43.2 Å². The fraction of sp³-hybridized carbons (Fsp3) is 0.217. The van der Waals surface area contributed by atoms with Gasteiger partial charge in [-0.05, 0) is 36.8 Å². The van der Waals surface area contributed by atoms with E-state index in [1.807, 2.05) is 30.3 Å². The van der Waals surface area contributed by atoms with Gasteiger partial charge in [-0.15, -0.1) is 0 Å². The van der Waals surface area contributed by atoms with Crippen LogP contribution in [0.5, 0.6) is 17.2 Å². The Morgan fingerprint density at radius 3 is 2.79 bits per heavy atom. The van der Waals surface area contributed by atoms with Crippen LogP contribution in [0.3, 0.4) is 0 Å². The minimum atomic E-state index is -0.176. The summed E-state index contributed by atoms with van der Waals surface area (Å²) in [5.41, 5.74) is 1.34. The van der Waals surface area contributed by atoms with Crippen LogP contribution in [0.1, 0.15) is 16.8 Å². The topological polar surface area (TPSA) is 69.7 Å². The largest absolute Gasteiger partial charge is 0.493 e. The fourth-order valence-electron chi connectivity index (χ4n) is 2.83. The van der Waals surface area contributed by atoms with Crippen molar-refractivity contribution in [2.24, 2.45) is 0 Å². The molecule has 3 aromatic rings. The molecule has 0 unspecified atom stereocenters. The maximum absolute atomic E-state index is 12.4. The maximum atomic E-state index is 12.4. The highest BCUT2D eigenvalue weighted by molar-refractivity contribution is 5.94. The summed E-state index contributed by atoms with van der Waals surface area (Å²) in [5, 5.41) is 3.92. The number of hydrogen-bond donors (Lipinski definition) is 1. The van der Waals surface area contributed by atoms with Crippen LogP contribution in [-0.4, -0.2) is 37.8 Å². The summed E-state index contributed by atoms with van der Waals surface area (Å²) in [6.07, 6.45) is 4.07. The SMILES string of the molecule is C=CCOc1ccc(C(=O)NCCCOc2cccc3cccnc23)cc1OC. The van der Waals surface area contributed by atoms with Crippen molar-refractivity contribution in [1.29, 1.82) is 0 Å². The molecule has 1 N–H and O–H groups in total. The van der Waals surface area contributed by atoms with E-state index in [0.717, 1.165) is 16.7 Å². The van der Waals surface area contributed by atoms with Crippen LogP contribution in [0, 0.1) is 0 Å². The first-order chi connectivity index (χ1) is 14.2. The highest BCUT2D eigenvalue weighted by Crippen LogP contribution is 2.28. The van der Waals surface area contributed by atoms with Crippen LogP contribution in [0.4, 0.5) is 0 Å². The van der Waals surface area contributed by atoms with Crippen molar-refractivity contribution in [3.8, 4) is 17.2 Å². The molecule has 6 nitrogen and oxygen atoms in total. The predicted molar refractivity (Wildman–Crippen MR) is 113 cm³/mol. The Morgan fingerprint density at radius 2 is 1.97 bits per heavy atom. The van der Waals surface area contributed by atoms with Crippen molar-refractivity contribution in [3.63, 3.8) is 0 Å². The van der Waals surface area contributed by atoms with Crippen LogP contribution in [-0.2, 0) is 0 Å². The van der Waals surface area contributed by atoms with Gasteiger partial charge in [0.2, 0.25) is 0 Å². The third-order valence-electron chi connectivity index (χ3n) is 4.24. The Hall–Kier alpha value is -3.54. The van der Waals surface area contributed by atoms with E-state index >= 15 is 0 Å². The van der Waals surface area contributed by atoms with Crippen molar-refractivity contribution >= 4 is 16.8 Å². The van der Waals surface area contributed by atoms with Gasteiger partial charge in [-0.1, -0.05) is 30.9 Å². The Balaban J connectivity index is 1.49. The molecule has 6 heteroatoms. The predicted octanol–water partition coefficient (Wildman–Crippen LogP) is 4.01. The Labute approximate surface area is 170 Å². The third kappa shape index (κ3) is 5.25. The van der Waals surface area contributed by atoms with E-state index in [2.05, 4.69) is 16.9 Å². The lowest BCUT2D eigenvalue weighted by atomic mass is 10.2. The number of pyridine rings is 1. The summed E-state index contributed by atoms with van der Waals surface area (Å²) in [6, 6.07) is 14.8. The number of hydrogen-bond acceptors (Lipinski definition) is 5. The van der Waals surface area contributed by atoms with Crippen molar-refractivity contribution < 1.29 is 19.0 Å². The number of carbonyl (C=O) groups excluding carboxylic acids is 1. The first-order valence-electron chi connectivity index (χ1n) is 9.39. The van der Waals surface area contributed by atoms with Gasteiger partial charge in [-0.3, -0.25) is 9.78 Å². The number of nitrogens with zero attached hydrogens (tertiary/aromatic N) is 1. The van der Waals surface area contributed by atoms with E-state index in [-0.39, 0.29) is 5.91 Å². The molecule has 0 fully saturated rings. The molecular weight excluding hydrogens is 368 g/mol. The molecule has 0 bridgehead atoms. The summed E-state index contributed by atoms with van der Waals surface area (Å²) < 4.78 is 16.6. The zero-order valence-corrected chi connectivity index (χ0v) is 16.4. The van der Waals surface area contributed by atoms with E-state index in [1.165, 1.54) is 7.11 Å². The molecule has 0 aliphatic carbocycles. The van der Waals surface area contributed by atoms with Gasteiger partial charge in [0.05, 0.1) is 13.7 Å². The lowest BCUT2D eigenvalue weighted by Gasteiger charge is -2.12. The molecule has 0 atom stereocenters. The molecule has 0 radical (unpaired) electrons. The van der Waals surface area contributed by atoms with Crippen molar-refractivity contribution in [2.75, 3.05) is 26.9 Å². The number of methoxy groups -OCH3 is 1. The van der Waals surface area contributed by atoms with Gasteiger partial charge >= 0.3 is 0 Å². The number of para-hydroxylation sites is 1. The fourth-order valence-corrected chi connectivity index (χ4v) is 2.83. The standard InChI is InChI=1S/C23H24N2O4/c1-3-14-28-19-11-10-18(16-21(19)27-2)23(26)25-13-6-15-29-20-9-4-7-17-8-5-12-24-22(17)20/h3-5,7-12,16H,1,6,13-15H2,2H3,(H,25,26). The first-order valence-corrected chi connectivity index (χ1v) is 9.39. The lowest BCUT2D eigenvalue weighted by Crippen LogP contribution is -2.25. The zero-order valence-electron chi connectivity index (χ0n) is 16.4. The van der Waals surface area contributed by atoms with Crippen LogP contribution in [0.25, 0.3) is 10.9 Å². The van der Waals surface area contributed by atoms with Crippen LogP contribution >= 0.6 is 0 Å². The number of aromatic nitrogens is 1. The molecule has 2 aromatic carbocycles. The third-order valence-corrected chi connectivity index (χ3v) is 4.24. The van der Waals surface area contributed by atoms with E-state index in [9.17, 15) is 4.79 Å². The molecule has 150 valence electrons. The summed E-state index contributed by atoms with van der Waals surface area (Å²) in [6.45, 7) is 4.96. The van der Waals surface area contributed by atoms with Crippen molar-refractivity contribution in [2.45, 2.75) is 6.42 Å². The smallest absolute Gasteiger partial charge is 0.251 e. The number of benzene rings is 2. The summed E-state index contributed by atoms with van der Waals surface area (Å²) in [7, 11) is 1.54. The van der Waals surface area contributed by atoms with Gasteiger partial charge in [0, 0.05) is 23.7 Å². The molecule has 3 rings (SSSR count). The quantitative estimate of drug-likeness (QED) is 0.417. The Bertz CT molecular complexity index is 982. The minimum Gasteiger partial charge on any atom is -0.493 e. The molecule has 0 saturated carbocycles. The van der Waals surface area contributed by atoms with Gasteiger partial charge in [-0.2, -0.15) is 0 Å². The average molecular weight is 392 g/mol. The van der Waals surface area contributed by atoms with Gasteiger partial charge in [0.25, 0.3) is 5.91 Å². The Morgan fingerprint density at radius 1 is 1.10 bits per heavy atom. The second-order valence-corrected chi connectivity index (χ2v) is 6.25. The second kappa shape index (κ2) is 10.1. The van der Waals surface area contributed by atoms with E-state index in [1.54, 1.807) is 30.5 Å². The number of ether oxygens (including phenoxy) is 3. The number of amides is 1. The van der Waals surface area contributed by atoms with Crippen molar-refractivity contribution in [3.05, 3.63) is 72.9 Å². The molecule has 29 heavy (non-hydrogen) atoms. The summed E-state index contributed by atoms with van der Waals surface area (Å²) in [4.78, 5) is 16.7. The molecule has 1 heterocycles. The van der Waals surface area contributed by atoms with E-state index < -0.39 is 0 Å². The first kappa shape index (κ1) is 20.2. The molecule has 1 aromatic heterocycles. The minimum absolute atomic E-state index is 0.176. The Kier molecular flexibility index (Phi) is 7.05. The van der Waals surface area contributed by atoms with Gasteiger partial charge < -0.3 is 19.5 Å². The van der Waals surface area contributed by atoms with Crippen molar-refractivity contribution in [1.82, 2.24) is 10.3 Å². The highest BCUT2D eigenvalue weighted by Gasteiger charge is 2.11. The zero-order chi connectivity index (χ0) is 20.5. The lowest BCUT2D eigenvalue weighted by molar-refractivity contribution is 0.0951. The maximum Gasteiger partial charge on any atom is 0.251 e.